The molecule has 90 valence electrons. The highest BCUT2D eigenvalue weighted by Crippen LogP contribution is 2.25. The van der Waals surface area contributed by atoms with Crippen LogP contribution in [0.5, 0.6) is 0 Å². The molecule has 1 saturated heterocycles. The van der Waals surface area contributed by atoms with Crippen LogP contribution in [0.25, 0.3) is 0 Å². The van der Waals surface area contributed by atoms with E-state index < -0.39 is 0 Å². The maximum atomic E-state index is 3.48. The van der Waals surface area contributed by atoms with Crippen molar-refractivity contribution in [2.45, 2.75) is 38.3 Å². The molecule has 3 heteroatoms. The third-order valence-corrected chi connectivity index (χ3v) is 4.46. The summed E-state index contributed by atoms with van der Waals surface area (Å²) in [4.78, 5) is 2.55. The Morgan fingerprint density at radius 1 is 1.44 bits per heavy atom. The molecular formula is C13H22N2S. The molecule has 2 nitrogen and oxygen atoms in total. The van der Waals surface area contributed by atoms with Gasteiger partial charge in [-0.2, -0.15) is 11.3 Å². The van der Waals surface area contributed by atoms with Gasteiger partial charge in [-0.1, -0.05) is 0 Å². The van der Waals surface area contributed by atoms with Crippen molar-refractivity contribution in [2.75, 3.05) is 20.1 Å². The predicted molar refractivity (Wildman–Crippen MR) is 71.0 cm³/mol. The Kier molecular flexibility index (Phi) is 4.38. The van der Waals surface area contributed by atoms with E-state index in [1.807, 2.05) is 0 Å². The van der Waals surface area contributed by atoms with Gasteiger partial charge in [0.2, 0.25) is 0 Å². The van der Waals surface area contributed by atoms with Gasteiger partial charge in [-0.15, -0.1) is 0 Å². The molecule has 0 aromatic carbocycles. The third kappa shape index (κ3) is 2.84. The van der Waals surface area contributed by atoms with Gasteiger partial charge >= 0.3 is 0 Å². The number of hydrogen-bond donors (Lipinski definition) is 1. The fourth-order valence-corrected chi connectivity index (χ4v) is 3.22. The Morgan fingerprint density at radius 2 is 2.31 bits per heavy atom. The predicted octanol–water partition coefficient (Wildman–Crippen LogP) is 2.88. The van der Waals surface area contributed by atoms with Gasteiger partial charge in [0.1, 0.15) is 0 Å². The zero-order valence-corrected chi connectivity index (χ0v) is 11.1. The zero-order valence-electron chi connectivity index (χ0n) is 10.3. The average molecular weight is 238 g/mol. The molecular weight excluding hydrogens is 216 g/mol. The Morgan fingerprint density at radius 3 is 3.06 bits per heavy atom. The molecule has 0 spiro atoms. The molecule has 16 heavy (non-hydrogen) atoms. The lowest BCUT2D eigenvalue weighted by Gasteiger charge is -2.32. The standard InChI is InChI=1S/C13H22N2S/c1-11(12-6-9-16-10-12)15(2)13-4-3-7-14-8-5-13/h6,9-11,13-14H,3-5,7-8H2,1-2H3. The topological polar surface area (TPSA) is 15.3 Å². The minimum Gasteiger partial charge on any atom is -0.317 e. The molecule has 0 saturated carbocycles. The van der Waals surface area contributed by atoms with Crippen molar-refractivity contribution >= 4 is 11.3 Å². The van der Waals surface area contributed by atoms with Crippen molar-refractivity contribution in [1.82, 2.24) is 10.2 Å². The van der Waals surface area contributed by atoms with E-state index in [-0.39, 0.29) is 0 Å². The van der Waals surface area contributed by atoms with Crippen LogP contribution in [0.1, 0.15) is 37.8 Å². The van der Waals surface area contributed by atoms with Crippen LogP contribution in [0.15, 0.2) is 16.8 Å². The van der Waals surface area contributed by atoms with Gasteiger partial charge in [0.05, 0.1) is 0 Å². The van der Waals surface area contributed by atoms with Gasteiger partial charge in [0.15, 0.2) is 0 Å². The molecule has 1 aromatic rings. The number of thiophene rings is 1. The van der Waals surface area contributed by atoms with Crippen LogP contribution in [0, 0.1) is 0 Å². The first kappa shape index (κ1) is 12.1. The lowest BCUT2D eigenvalue weighted by molar-refractivity contribution is 0.171. The highest BCUT2D eigenvalue weighted by Gasteiger charge is 2.21. The minimum absolute atomic E-state index is 0.550. The maximum absolute atomic E-state index is 3.48. The first-order valence-corrected chi connectivity index (χ1v) is 7.18. The van der Waals surface area contributed by atoms with Crippen LogP contribution in [0.2, 0.25) is 0 Å². The van der Waals surface area contributed by atoms with Crippen molar-refractivity contribution in [3.63, 3.8) is 0 Å². The molecule has 1 fully saturated rings. The summed E-state index contributed by atoms with van der Waals surface area (Å²) in [6.45, 7) is 4.68. The van der Waals surface area contributed by atoms with Gasteiger partial charge in [0.25, 0.3) is 0 Å². The van der Waals surface area contributed by atoms with Crippen LogP contribution in [0.4, 0.5) is 0 Å². The average Bonchev–Trinajstić information content (AvgIpc) is 2.70. The summed E-state index contributed by atoms with van der Waals surface area (Å²) >= 11 is 1.80. The fourth-order valence-electron chi connectivity index (χ4n) is 2.47. The van der Waals surface area contributed by atoms with Crippen LogP contribution in [-0.2, 0) is 0 Å². The molecule has 0 amide bonds. The largest absolute Gasteiger partial charge is 0.317 e. The molecule has 1 aliphatic heterocycles. The number of hydrogen-bond acceptors (Lipinski definition) is 3. The molecule has 2 atom stereocenters. The van der Waals surface area contributed by atoms with Gasteiger partial charge in [-0.05, 0) is 68.7 Å². The maximum Gasteiger partial charge on any atom is 0.0328 e. The van der Waals surface area contributed by atoms with Gasteiger partial charge < -0.3 is 5.32 Å². The monoisotopic (exact) mass is 238 g/mol. The second kappa shape index (κ2) is 5.80. The summed E-state index contributed by atoms with van der Waals surface area (Å²) < 4.78 is 0. The van der Waals surface area contributed by atoms with E-state index in [1.54, 1.807) is 11.3 Å². The highest BCUT2D eigenvalue weighted by atomic mass is 32.1. The Hall–Kier alpha value is -0.380. The smallest absolute Gasteiger partial charge is 0.0328 e. The van der Waals surface area contributed by atoms with E-state index in [0.29, 0.717) is 6.04 Å². The fraction of sp³-hybridized carbons (Fsp3) is 0.692. The van der Waals surface area contributed by atoms with Crippen LogP contribution < -0.4 is 5.32 Å². The molecule has 1 aromatic heterocycles. The van der Waals surface area contributed by atoms with Gasteiger partial charge in [0, 0.05) is 12.1 Å². The highest BCUT2D eigenvalue weighted by molar-refractivity contribution is 7.07. The molecule has 2 heterocycles. The first-order valence-electron chi connectivity index (χ1n) is 6.24. The number of nitrogens with zero attached hydrogens (tertiary/aromatic N) is 1. The lowest BCUT2D eigenvalue weighted by Crippen LogP contribution is -2.34. The molecule has 2 unspecified atom stereocenters. The zero-order chi connectivity index (χ0) is 11.4. The Bertz CT molecular complexity index is 289. The molecule has 1 aliphatic rings. The number of nitrogens with one attached hydrogen (secondary N) is 1. The van der Waals surface area contributed by atoms with Crippen molar-refractivity contribution < 1.29 is 0 Å². The first-order chi connectivity index (χ1) is 7.79. The minimum atomic E-state index is 0.550. The van der Waals surface area contributed by atoms with E-state index in [9.17, 15) is 0 Å². The van der Waals surface area contributed by atoms with Crippen LogP contribution >= 0.6 is 11.3 Å². The van der Waals surface area contributed by atoms with Crippen molar-refractivity contribution in [2.24, 2.45) is 0 Å². The van der Waals surface area contributed by atoms with Crippen LogP contribution in [0.3, 0.4) is 0 Å². The SMILES string of the molecule is CC(c1ccsc1)N(C)C1CCCNCC1. The van der Waals surface area contributed by atoms with E-state index in [4.69, 9.17) is 0 Å². The Balaban J connectivity index is 1.97. The second-order valence-electron chi connectivity index (χ2n) is 4.73. The number of rotatable bonds is 3. The summed E-state index contributed by atoms with van der Waals surface area (Å²) in [6, 6.07) is 3.54. The molecule has 0 aliphatic carbocycles. The van der Waals surface area contributed by atoms with Gasteiger partial charge in [-0.3, -0.25) is 4.90 Å². The van der Waals surface area contributed by atoms with Gasteiger partial charge in [-0.25, -0.2) is 0 Å². The van der Waals surface area contributed by atoms with E-state index in [2.05, 4.69) is 41.0 Å². The lowest BCUT2D eigenvalue weighted by atomic mass is 10.0. The quantitative estimate of drug-likeness (QED) is 0.871. The van der Waals surface area contributed by atoms with Crippen molar-refractivity contribution in [1.29, 1.82) is 0 Å². The normalized spacial score (nSPS) is 24.3. The molecule has 0 bridgehead atoms. The summed E-state index contributed by atoms with van der Waals surface area (Å²) in [5.74, 6) is 0. The summed E-state index contributed by atoms with van der Waals surface area (Å²) in [6.07, 6.45) is 3.92. The van der Waals surface area contributed by atoms with E-state index in [0.717, 1.165) is 6.04 Å². The van der Waals surface area contributed by atoms with Crippen LogP contribution in [-0.4, -0.2) is 31.1 Å². The molecule has 1 N–H and O–H groups in total. The Labute approximate surface area is 103 Å². The van der Waals surface area contributed by atoms with Crippen molar-refractivity contribution in [3.05, 3.63) is 22.4 Å². The van der Waals surface area contributed by atoms with E-state index in [1.165, 1.54) is 37.9 Å². The molecule has 0 radical (unpaired) electrons. The molecule has 2 rings (SSSR count). The summed E-state index contributed by atoms with van der Waals surface area (Å²) in [5, 5.41) is 7.93. The van der Waals surface area contributed by atoms with Crippen molar-refractivity contribution in [3.8, 4) is 0 Å². The second-order valence-corrected chi connectivity index (χ2v) is 5.51. The summed E-state index contributed by atoms with van der Waals surface area (Å²) in [5.41, 5.74) is 1.46. The van der Waals surface area contributed by atoms with E-state index >= 15 is 0 Å². The summed E-state index contributed by atoms with van der Waals surface area (Å²) in [7, 11) is 2.28. The third-order valence-electron chi connectivity index (χ3n) is 3.76.